The number of carbonyl (C=O) groups is 2. The van der Waals surface area contributed by atoms with Crippen LogP contribution in [0.2, 0.25) is 0 Å². The van der Waals surface area contributed by atoms with E-state index in [9.17, 15) is 14.0 Å². The Kier molecular flexibility index (Phi) is 7.27. The maximum Gasteiger partial charge on any atom is 0.309 e. The molecule has 0 saturated carbocycles. The number of amides is 1. The minimum Gasteiger partial charge on any atom is -0.469 e. The molecule has 1 heterocycles. The van der Waals surface area contributed by atoms with Crippen LogP contribution in [-0.2, 0) is 27.2 Å². The minimum absolute atomic E-state index is 0.113. The first-order chi connectivity index (χ1) is 16.8. The molecule has 2 N–H and O–H groups in total. The smallest absolute Gasteiger partial charge is 0.309 e. The van der Waals surface area contributed by atoms with Crippen molar-refractivity contribution in [2.24, 2.45) is 0 Å². The Balaban J connectivity index is 1.76. The summed E-state index contributed by atoms with van der Waals surface area (Å²) in [7, 11) is 5.43. The lowest BCUT2D eigenvalue weighted by molar-refractivity contribution is -0.139. The number of methoxy groups -OCH3 is 1. The number of rotatable bonds is 8. The van der Waals surface area contributed by atoms with Crippen LogP contribution in [0.3, 0.4) is 0 Å². The van der Waals surface area contributed by atoms with Gasteiger partial charge in [-0.05, 0) is 73.6 Å². The molecule has 0 spiro atoms. The van der Waals surface area contributed by atoms with Gasteiger partial charge < -0.3 is 20.3 Å². The average Bonchev–Trinajstić information content (AvgIpc) is 3.16. The molecule has 1 aliphatic rings. The van der Waals surface area contributed by atoms with E-state index in [1.54, 1.807) is 6.07 Å². The Morgan fingerprint density at radius 3 is 2.51 bits per heavy atom. The van der Waals surface area contributed by atoms with Gasteiger partial charge in [-0.15, -0.1) is 0 Å². The van der Waals surface area contributed by atoms with Crippen LogP contribution in [0.1, 0.15) is 22.3 Å². The predicted molar refractivity (Wildman–Crippen MR) is 136 cm³/mol. The molecule has 0 saturated heterocycles. The third-order valence-corrected chi connectivity index (χ3v) is 5.84. The van der Waals surface area contributed by atoms with Crippen molar-refractivity contribution in [2.45, 2.75) is 12.8 Å². The lowest BCUT2D eigenvalue weighted by atomic mass is 9.98. The van der Waals surface area contributed by atoms with Gasteiger partial charge in [-0.25, -0.2) is 4.39 Å². The summed E-state index contributed by atoms with van der Waals surface area (Å²) < 4.78 is 18.6. The van der Waals surface area contributed by atoms with E-state index in [-0.39, 0.29) is 18.3 Å². The van der Waals surface area contributed by atoms with Crippen LogP contribution in [0.15, 0.2) is 66.7 Å². The van der Waals surface area contributed by atoms with Crippen molar-refractivity contribution < 1.29 is 18.7 Å². The first-order valence-corrected chi connectivity index (χ1v) is 11.4. The number of esters is 1. The molecule has 6 nitrogen and oxygen atoms in total. The lowest BCUT2D eigenvalue weighted by Crippen LogP contribution is -2.15. The van der Waals surface area contributed by atoms with Gasteiger partial charge in [-0.3, -0.25) is 9.59 Å². The number of likely N-dealkylation sites (N-methyl/N-ethyl adjacent to an activating group) is 1. The summed E-state index contributed by atoms with van der Waals surface area (Å²) in [5.74, 6) is -1.10. The largest absolute Gasteiger partial charge is 0.469 e. The minimum atomic E-state index is -0.423. The standard InChI is InChI=1S/C28H28FN3O3/c1-32(2)14-13-18-7-10-22(11-8-18)30-27(20-6-4-5-19(15-20)16-25(33)35-3)26-23-12-9-21(29)17-24(23)31-28(26)34/h4-12,15,17,30H,13-14,16H2,1-3H3,(H,31,34). The van der Waals surface area contributed by atoms with E-state index < -0.39 is 5.82 Å². The number of hydrogen-bond donors (Lipinski definition) is 2. The monoisotopic (exact) mass is 473 g/mol. The number of anilines is 2. The number of hydrogen-bond acceptors (Lipinski definition) is 5. The molecule has 7 heteroatoms. The number of benzene rings is 3. The fraction of sp³-hybridized carbons (Fsp3) is 0.214. The zero-order chi connectivity index (χ0) is 24.9. The maximum atomic E-state index is 13.8. The summed E-state index contributed by atoms with van der Waals surface area (Å²) in [4.78, 5) is 27.0. The van der Waals surface area contributed by atoms with Crippen LogP contribution in [0.4, 0.5) is 15.8 Å². The van der Waals surface area contributed by atoms with Crippen LogP contribution >= 0.6 is 0 Å². The fourth-order valence-corrected chi connectivity index (χ4v) is 4.00. The topological polar surface area (TPSA) is 70.7 Å². The highest BCUT2D eigenvalue weighted by Gasteiger charge is 2.29. The number of halogens is 1. The molecule has 0 radical (unpaired) electrons. The van der Waals surface area contributed by atoms with E-state index in [0.29, 0.717) is 22.5 Å². The SMILES string of the molecule is COC(=O)Cc1cccc(C(Nc2ccc(CCN(C)C)cc2)=C2C(=O)Nc3cc(F)ccc32)c1. The van der Waals surface area contributed by atoms with Gasteiger partial charge in [0.2, 0.25) is 0 Å². The van der Waals surface area contributed by atoms with E-state index in [2.05, 4.69) is 27.7 Å². The Morgan fingerprint density at radius 2 is 1.80 bits per heavy atom. The Bertz CT molecular complexity index is 1280. The number of nitrogens with zero attached hydrogens (tertiary/aromatic N) is 1. The fourth-order valence-electron chi connectivity index (χ4n) is 4.00. The molecule has 1 amide bonds. The van der Waals surface area contributed by atoms with Crippen molar-refractivity contribution in [3.8, 4) is 0 Å². The summed E-state index contributed by atoms with van der Waals surface area (Å²) in [5.41, 5.74) is 5.51. The molecule has 0 aliphatic carbocycles. The first-order valence-electron chi connectivity index (χ1n) is 11.4. The molecule has 3 aromatic carbocycles. The second kappa shape index (κ2) is 10.5. The normalized spacial score (nSPS) is 13.9. The zero-order valence-electron chi connectivity index (χ0n) is 20.0. The van der Waals surface area contributed by atoms with Crippen molar-refractivity contribution in [2.75, 3.05) is 38.4 Å². The van der Waals surface area contributed by atoms with E-state index in [1.807, 2.05) is 50.5 Å². The van der Waals surface area contributed by atoms with Gasteiger partial charge in [0.05, 0.1) is 30.5 Å². The Labute approximate surface area is 204 Å². The van der Waals surface area contributed by atoms with E-state index >= 15 is 0 Å². The van der Waals surface area contributed by atoms with Gasteiger partial charge in [0.15, 0.2) is 0 Å². The first kappa shape index (κ1) is 24.2. The van der Waals surface area contributed by atoms with Crippen LogP contribution in [0.5, 0.6) is 0 Å². The van der Waals surface area contributed by atoms with Gasteiger partial charge in [0.1, 0.15) is 5.82 Å². The second-order valence-electron chi connectivity index (χ2n) is 8.72. The van der Waals surface area contributed by atoms with Gasteiger partial charge in [0.25, 0.3) is 5.91 Å². The maximum absolute atomic E-state index is 13.8. The molecular weight excluding hydrogens is 445 g/mol. The second-order valence-corrected chi connectivity index (χ2v) is 8.72. The molecule has 0 aromatic heterocycles. The molecule has 0 unspecified atom stereocenters. The third-order valence-electron chi connectivity index (χ3n) is 5.84. The summed E-state index contributed by atoms with van der Waals surface area (Å²) in [6.07, 6.45) is 1.04. The summed E-state index contributed by atoms with van der Waals surface area (Å²) >= 11 is 0. The van der Waals surface area contributed by atoms with Crippen molar-refractivity contribution in [3.05, 3.63) is 94.8 Å². The van der Waals surface area contributed by atoms with E-state index in [4.69, 9.17) is 4.74 Å². The zero-order valence-corrected chi connectivity index (χ0v) is 20.0. The molecule has 0 atom stereocenters. The van der Waals surface area contributed by atoms with Gasteiger partial charge in [0, 0.05) is 17.8 Å². The van der Waals surface area contributed by atoms with Crippen molar-refractivity contribution in [1.29, 1.82) is 0 Å². The third kappa shape index (κ3) is 5.75. The van der Waals surface area contributed by atoms with Gasteiger partial charge in [-0.1, -0.05) is 30.3 Å². The number of ether oxygens (including phenoxy) is 1. The molecule has 180 valence electrons. The molecule has 0 fully saturated rings. The summed E-state index contributed by atoms with van der Waals surface area (Å²) in [5, 5.41) is 6.17. The lowest BCUT2D eigenvalue weighted by Gasteiger charge is -2.16. The van der Waals surface area contributed by atoms with Crippen LogP contribution in [-0.4, -0.2) is 44.5 Å². The highest BCUT2D eigenvalue weighted by Crippen LogP contribution is 2.38. The van der Waals surface area contributed by atoms with Crippen molar-refractivity contribution in [1.82, 2.24) is 4.90 Å². The molecule has 4 rings (SSSR count). The molecule has 3 aromatic rings. The summed E-state index contributed by atoms with van der Waals surface area (Å²) in [6, 6.07) is 19.7. The average molecular weight is 474 g/mol. The van der Waals surface area contributed by atoms with Crippen LogP contribution in [0.25, 0.3) is 11.3 Å². The summed E-state index contributed by atoms with van der Waals surface area (Å²) in [6.45, 7) is 0.947. The molecule has 1 aliphatic heterocycles. The van der Waals surface area contributed by atoms with Gasteiger partial charge in [-0.2, -0.15) is 0 Å². The highest BCUT2D eigenvalue weighted by atomic mass is 19.1. The van der Waals surface area contributed by atoms with Crippen molar-refractivity contribution in [3.63, 3.8) is 0 Å². The molecular formula is C28H28FN3O3. The number of nitrogens with one attached hydrogen (secondary N) is 2. The molecule has 35 heavy (non-hydrogen) atoms. The Morgan fingerprint density at radius 1 is 1.03 bits per heavy atom. The van der Waals surface area contributed by atoms with Crippen molar-refractivity contribution >= 4 is 34.5 Å². The van der Waals surface area contributed by atoms with Crippen LogP contribution < -0.4 is 10.6 Å². The highest BCUT2D eigenvalue weighted by molar-refractivity contribution is 6.37. The Hall–Kier alpha value is -3.97. The molecule has 0 bridgehead atoms. The quantitative estimate of drug-likeness (QED) is 0.370. The van der Waals surface area contributed by atoms with E-state index in [0.717, 1.165) is 29.8 Å². The number of fused-ring (bicyclic) bond motifs is 1. The van der Waals surface area contributed by atoms with Crippen LogP contribution in [0, 0.1) is 5.82 Å². The number of carbonyl (C=O) groups excluding carboxylic acids is 2. The predicted octanol–water partition coefficient (Wildman–Crippen LogP) is 4.58. The van der Waals surface area contributed by atoms with Gasteiger partial charge >= 0.3 is 5.97 Å². The van der Waals surface area contributed by atoms with E-state index in [1.165, 1.54) is 24.8 Å².